The molecule has 6 aromatic rings. The van der Waals surface area contributed by atoms with Crippen molar-refractivity contribution in [2.45, 2.75) is 78.0 Å². The molecule has 0 radical (unpaired) electrons. The van der Waals surface area contributed by atoms with E-state index < -0.39 is 0 Å². The molecule has 13 nitrogen and oxygen atoms in total. The maximum atomic E-state index is 15.2. The van der Waals surface area contributed by atoms with Gasteiger partial charge in [0.2, 0.25) is 5.91 Å². The number of nitrogens with zero attached hydrogens (tertiary/aromatic N) is 7. The quantitative estimate of drug-likeness (QED) is 0.141. The molecule has 0 unspecified atom stereocenters. The Morgan fingerprint density at radius 3 is 2.40 bits per heavy atom. The molecule has 0 spiro atoms. The summed E-state index contributed by atoms with van der Waals surface area (Å²) in [4.78, 5) is 52.2. The third kappa shape index (κ3) is 8.97. The highest BCUT2D eigenvalue weighted by Crippen LogP contribution is 2.39. The van der Waals surface area contributed by atoms with Crippen LogP contribution >= 0.6 is 0 Å². The summed E-state index contributed by atoms with van der Waals surface area (Å²) in [6, 6.07) is 28.8. The first kappa shape index (κ1) is 44.2. The van der Waals surface area contributed by atoms with E-state index in [0.717, 1.165) is 121 Å². The molecule has 67 heavy (non-hydrogen) atoms. The predicted octanol–water partition coefficient (Wildman–Crippen LogP) is 7.64. The molecule has 346 valence electrons. The maximum Gasteiger partial charge on any atom is 0.264 e. The first-order valence-corrected chi connectivity index (χ1v) is 23.8. The largest absolute Gasteiger partial charge is 0.508 e. The zero-order chi connectivity index (χ0) is 46.2. The van der Waals surface area contributed by atoms with Gasteiger partial charge < -0.3 is 28.9 Å². The molecule has 10 rings (SSSR count). The fourth-order valence-corrected chi connectivity index (χ4v) is 10.3. The summed E-state index contributed by atoms with van der Waals surface area (Å²) in [7, 11) is 1.95. The van der Waals surface area contributed by atoms with Crippen LogP contribution in [0.2, 0.25) is 0 Å². The molecular formula is C54H59N7O6. The number of benzene rings is 4. The Balaban J connectivity index is 0.953. The number of aryl methyl sites for hydroxylation is 1. The van der Waals surface area contributed by atoms with E-state index in [2.05, 4.69) is 41.2 Å². The Morgan fingerprint density at radius 2 is 1.61 bits per heavy atom. The highest BCUT2D eigenvalue weighted by Gasteiger charge is 2.34. The molecule has 1 N–H and O–H groups in total. The molecule has 0 aliphatic carbocycles. The van der Waals surface area contributed by atoms with Crippen molar-refractivity contribution in [1.29, 1.82) is 0 Å². The lowest BCUT2D eigenvalue weighted by Gasteiger charge is -2.36. The van der Waals surface area contributed by atoms with Crippen molar-refractivity contribution in [3.05, 3.63) is 148 Å². The monoisotopic (exact) mass is 901 g/mol. The summed E-state index contributed by atoms with van der Waals surface area (Å²) in [6.45, 7) is 11.1. The number of amides is 3. The van der Waals surface area contributed by atoms with Gasteiger partial charge in [0, 0.05) is 87.1 Å². The molecule has 1 atom stereocenters. The number of phenols is 1. The maximum absolute atomic E-state index is 15.2. The molecule has 1 saturated heterocycles. The molecule has 0 bridgehead atoms. The molecule has 2 aromatic heterocycles. The van der Waals surface area contributed by atoms with Gasteiger partial charge in [-0.15, -0.1) is 0 Å². The number of carbonyl (C=O) groups excluding carboxylic acids is 3. The lowest BCUT2D eigenvalue weighted by molar-refractivity contribution is -0.131. The van der Waals surface area contributed by atoms with Crippen molar-refractivity contribution in [2.24, 2.45) is 7.05 Å². The van der Waals surface area contributed by atoms with Gasteiger partial charge in [0.25, 0.3) is 11.8 Å². The average molecular weight is 902 g/mol. The summed E-state index contributed by atoms with van der Waals surface area (Å²) < 4.78 is 15.5. The second-order valence-corrected chi connectivity index (χ2v) is 18.5. The number of aromatic hydroxyl groups is 1. The van der Waals surface area contributed by atoms with E-state index in [1.165, 1.54) is 5.56 Å². The number of aromatic nitrogens is 3. The third-order valence-electron chi connectivity index (χ3n) is 14.3. The van der Waals surface area contributed by atoms with Crippen LogP contribution < -0.4 is 9.64 Å². The molecule has 0 saturated carbocycles. The van der Waals surface area contributed by atoms with Gasteiger partial charge in [0.1, 0.15) is 18.1 Å². The predicted molar refractivity (Wildman–Crippen MR) is 257 cm³/mol. The minimum absolute atomic E-state index is 0.0314. The first-order chi connectivity index (χ1) is 32.6. The van der Waals surface area contributed by atoms with E-state index in [1.54, 1.807) is 35.4 Å². The number of morpholine rings is 1. The number of anilines is 2. The first-order valence-electron chi connectivity index (χ1n) is 23.8. The highest BCUT2D eigenvalue weighted by atomic mass is 16.5. The van der Waals surface area contributed by atoms with E-state index in [0.29, 0.717) is 49.5 Å². The Kier molecular flexibility index (Phi) is 12.4. The van der Waals surface area contributed by atoms with Gasteiger partial charge in [0.15, 0.2) is 0 Å². The summed E-state index contributed by atoms with van der Waals surface area (Å²) in [5.41, 5.74) is 11.0. The van der Waals surface area contributed by atoms with E-state index in [1.807, 2.05) is 75.5 Å². The number of ether oxygens (including phenoxy) is 2. The zero-order valence-electron chi connectivity index (χ0n) is 38.7. The topological polar surface area (TPSA) is 126 Å². The Labute approximate surface area is 392 Å². The van der Waals surface area contributed by atoms with E-state index in [4.69, 9.17) is 9.47 Å². The Hall–Kier alpha value is -6.70. The van der Waals surface area contributed by atoms with Crippen molar-refractivity contribution in [3.63, 3.8) is 0 Å². The van der Waals surface area contributed by atoms with Gasteiger partial charge >= 0.3 is 0 Å². The van der Waals surface area contributed by atoms with Crippen molar-refractivity contribution in [2.75, 3.05) is 50.9 Å². The van der Waals surface area contributed by atoms with Gasteiger partial charge in [-0.25, -0.2) is 0 Å². The van der Waals surface area contributed by atoms with E-state index >= 15 is 9.59 Å². The minimum Gasteiger partial charge on any atom is -0.508 e. The zero-order valence-corrected chi connectivity index (χ0v) is 38.7. The van der Waals surface area contributed by atoms with Crippen molar-refractivity contribution < 1.29 is 29.0 Å². The van der Waals surface area contributed by atoms with Crippen LogP contribution in [-0.4, -0.2) is 104 Å². The standard InChI is InChI=1S/C54H59N7O6/c1-36-28-39-8-4-5-9-41(39)35-59(36)53(64)48-31-42-34-58(52(63)29-38-11-17-45(18-12-38)67-27-24-57-22-25-66-26-23-57)21-19-40(42)30-47(48)50-32-46(37(2)56(50)3)54(65)61(43-13-15-44(62)16-14-43)51-33-55-60-20-7-6-10-49(51)60/h4-5,8-9,11-18,30-33,36,62H,6-7,10,19-29,34-35H2,1-3H3/t36-/m1/s1. The van der Waals surface area contributed by atoms with Gasteiger partial charge in [-0.05, 0) is 128 Å². The van der Waals surface area contributed by atoms with Crippen LogP contribution in [0.25, 0.3) is 11.3 Å². The van der Waals surface area contributed by atoms with Gasteiger partial charge in [-0.3, -0.25) is 28.9 Å². The highest BCUT2D eigenvalue weighted by molar-refractivity contribution is 6.13. The molecule has 3 amide bonds. The van der Waals surface area contributed by atoms with Crippen LogP contribution in [-0.2, 0) is 61.9 Å². The normalized spacial score (nSPS) is 17.1. The van der Waals surface area contributed by atoms with Crippen LogP contribution in [0.4, 0.5) is 11.4 Å². The summed E-state index contributed by atoms with van der Waals surface area (Å²) in [5.74, 6) is 0.621. The van der Waals surface area contributed by atoms with Crippen LogP contribution in [0.5, 0.6) is 11.5 Å². The Morgan fingerprint density at radius 1 is 0.836 bits per heavy atom. The van der Waals surface area contributed by atoms with Crippen LogP contribution in [0, 0.1) is 6.92 Å². The number of phenolic OH excluding ortho intramolecular Hbond substituents is 1. The van der Waals surface area contributed by atoms with Crippen LogP contribution in [0.3, 0.4) is 0 Å². The lowest BCUT2D eigenvalue weighted by atomic mass is 9.89. The number of carbonyl (C=O) groups is 3. The van der Waals surface area contributed by atoms with Gasteiger partial charge in [-0.1, -0.05) is 36.4 Å². The molecule has 6 heterocycles. The van der Waals surface area contributed by atoms with E-state index in [-0.39, 0.29) is 35.9 Å². The molecule has 13 heteroatoms. The number of hydrogen-bond acceptors (Lipinski definition) is 8. The number of rotatable bonds is 11. The average Bonchev–Trinajstić information content (AvgIpc) is 3.91. The lowest BCUT2D eigenvalue weighted by Crippen LogP contribution is -2.43. The Bertz CT molecular complexity index is 2810. The van der Waals surface area contributed by atoms with Crippen molar-refractivity contribution in [3.8, 4) is 22.8 Å². The molecule has 4 aliphatic rings. The SMILES string of the molecule is Cc1c(C(=O)N(c2ccc(O)cc2)c2cnn3c2CCCC3)cc(-c2cc3c(cc2C(=O)N2Cc4ccccc4C[C@H]2C)CN(C(=O)Cc2ccc(OCCN4CCOCC4)cc2)CC3)n1C. The minimum atomic E-state index is -0.224. The summed E-state index contributed by atoms with van der Waals surface area (Å²) >= 11 is 0. The van der Waals surface area contributed by atoms with Crippen LogP contribution in [0.15, 0.2) is 97.2 Å². The molecular weight excluding hydrogens is 843 g/mol. The molecule has 4 aromatic carbocycles. The molecule has 4 aliphatic heterocycles. The second-order valence-electron chi connectivity index (χ2n) is 18.5. The van der Waals surface area contributed by atoms with E-state index in [9.17, 15) is 9.90 Å². The summed E-state index contributed by atoms with van der Waals surface area (Å²) in [5, 5.41) is 14.9. The summed E-state index contributed by atoms with van der Waals surface area (Å²) in [6.07, 6.45) is 6.26. The second kappa shape index (κ2) is 18.9. The van der Waals surface area contributed by atoms with Crippen molar-refractivity contribution >= 4 is 29.1 Å². The molecule has 1 fully saturated rings. The number of fused-ring (bicyclic) bond motifs is 3. The fourth-order valence-electron chi connectivity index (χ4n) is 10.3. The van der Waals surface area contributed by atoms with Crippen LogP contribution in [0.1, 0.15) is 79.7 Å². The number of hydrogen-bond donors (Lipinski definition) is 1. The third-order valence-corrected chi connectivity index (χ3v) is 14.3. The smallest absolute Gasteiger partial charge is 0.264 e. The van der Waals surface area contributed by atoms with Crippen molar-refractivity contribution in [1.82, 2.24) is 29.0 Å². The van der Waals surface area contributed by atoms with Gasteiger partial charge in [0.05, 0.1) is 42.8 Å². The fraction of sp³-hybridized carbons (Fsp3) is 0.370. The van der Waals surface area contributed by atoms with Gasteiger partial charge in [-0.2, -0.15) is 5.10 Å².